The zero-order valence-electron chi connectivity index (χ0n) is 23.5. The van der Waals surface area contributed by atoms with Crippen LogP contribution in [0.2, 0.25) is 24.2 Å². The van der Waals surface area contributed by atoms with E-state index < -0.39 is 31.6 Å². The maximum Gasteiger partial charge on any atom is 0.500 e. The van der Waals surface area contributed by atoms with Crippen LogP contribution >= 0.6 is 37.5 Å². The topological polar surface area (TPSA) is 83.1 Å². The molecule has 9 nitrogen and oxygen atoms in total. The van der Waals surface area contributed by atoms with Gasteiger partial charge in [0.1, 0.15) is 0 Å². The Morgan fingerprint density at radius 2 is 1.06 bits per heavy atom. The summed E-state index contributed by atoms with van der Waals surface area (Å²) in [5, 5.41) is 1.92. The van der Waals surface area contributed by atoms with Crippen molar-refractivity contribution in [1.82, 2.24) is 0 Å². The summed E-state index contributed by atoms with van der Waals surface area (Å²) in [6.45, 7) is 11.7. The Labute approximate surface area is 231 Å². The highest BCUT2D eigenvalue weighted by Gasteiger charge is 2.80. The van der Waals surface area contributed by atoms with E-state index in [4.69, 9.17) is 39.1 Å². The highest BCUT2D eigenvalue weighted by atomic mass is 33.8. The third-order valence-electron chi connectivity index (χ3n) is 6.66. The molecule has 1 heterocycles. The van der Waals surface area contributed by atoms with Crippen molar-refractivity contribution >= 4 is 61.5 Å². The number of hydrogen-bond acceptors (Lipinski definition) is 12. The molecule has 1 aliphatic rings. The van der Waals surface area contributed by atoms with Crippen LogP contribution in [0.25, 0.3) is 0 Å². The van der Waals surface area contributed by atoms with Crippen molar-refractivity contribution in [2.75, 3.05) is 62.5 Å². The summed E-state index contributed by atoms with van der Waals surface area (Å²) in [4.78, 5) is 0. The molecule has 1 fully saturated rings. The van der Waals surface area contributed by atoms with Gasteiger partial charge in [0.25, 0.3) is 0 Å². The molecule has 0 aromatic rings. The van der Waals surface area contributed by atoms with Gasteiger partial charge in [-0.2, -0.15) is 0 Å². The lowest BCUT2D eigenvalue weighted by Gasteiger charge is -2.77. The molecule has 0 aliphatic carbocycles. The van der Waals surface area contributed by atoms with Crippen LogP contribution in [0.4, 0.5) is 0 Å². The minimum atomic E-state index is -4.19. The lowest BCUT2D eigenvalue weighted by Crippen LogP contribution is -2.56. The normalized spacial score (nSPS) is 22.4. The van der Waals surface area contributed by atoms with Crippen molar-refractivity contribution in [3.05, 3.63) is 12.0 Å². The Bertz CT molecular complexity index is 636. The average molecular weight is 645 g/mol. The van der Waals surface area contributed by atoms with Gasteiger partial charge in [0, 0.05) is 72.2 Å². The molecule has 0 bridgehead atoms. The van der Waals surface area contributed by atoms with Gasteiger partial charge in [-0.15, -0.1) is 0 Å². The summed E-state index contributed by atoms with van der Waals surface area (Å²) < 4.78 is 55.0. The first-order valence-electron chi connectivity index (χ1n) is 12.1. The summed E-state index contributed by atoms with van der Waals surface area (Å²) >= 11 is 0. The second-order valence-corrected chi connectivity index (χ2v) is 37.8. The summed E-state index contributed by atoms with van der Waals surface area (Å²) in [6.07, 6.45) is -1.02. The quantitative estimate of drug-likeness (QED) is 0.0974. The zero-order valence-corrected chi connectivity index (χ0v) is 29.7. The van der Waals surface area contributed by atoms with Crippen molar-refractivity contribution in [1.29, 1.82) is 0 Å². The molecule has 0 radical (unpaired) electrons. The Kier molecular flexibility index (Phi) is 14.1. The summed E-state index contributed by atoms with van der Waals surface area (Å²) in [6, 6.07) is 3.09. The van der Waals surface area contributed by atoms with E-state index in [0.29, 0.717) is 31.9 Å². The molecule has 0 atom stereocenters. The van der Waals surface area contributed by atoms with Gasteiger partial charge in [-0.05, 0) is 60.9 Å². The molecule has 1 rings (SSSR count). The van der Waals surface area contributed by atoms with Crippen LogP contribution in [-0.4, -0.2) is 86.5 Å². The second kappa shape index (κ2) is 14.4. The number of hydrogen-bond donors (Lipinski definition) is 0. The Morgan fingerprint density at radius 1 is 0.694 bits per heavy atom. The third-order valence-corrected chi connectivity index (χ3v) is 53.4. The van der Waals surface area contributed by atoms with Crippen molar-refractivity contribution in [2.45, 2.75) is 57.8 Å². The van der Waals surface area contributed by atoms with Crippen LogP contribution < -0.4 is 0 Å². The van der Waals surface area contributed by atoms with Gasteiger partial charge in [0.15, 0.2) is 0 Å². The highest BCUT2D eigenvalue weighted by molar-refractivity contribution is 9.54. The maximum absolute atomic E-state index is 6.91. The molecular formula is C20H48O9S4Si3. The Hall–Kier alpha value is 1.43. The third kappa shape index (κ3) is 6.03. The van der Waals surface area contributed by atoms with Crippen LogP contribution in [-0.2, 0) is 39.1 Å². The lowest BCUT2D eigenvalue weighted by molar-refractivity contribution is 0.123. The van der Waals surface area contributed by atoms with Crippen LogP contribution in [0.1, 0.15) is 33.6 Å². The first-order chi connectivity index (χ1) is 17.1. The van der Waals surface area contributed by atoms with Gasteiger partial charge >= 0.3 is 17.6 Å². The fourth-order valence-corrected chi connectivity index (χ4v) is 65.1. The van der Waals surface area contributed by atoms with Crippen molar-refractivity contribution in [3.8, 4) is 0 Å². The Morgan fingerprint density at radius 3 is 1.33 bits per heavy atom. The molecule has 0 spiro atoms. The van der Waals surface area contributed by atoms with E-state index in [0.717, 1.165) is 24.9 Å². The van der Waals surface area contributed by atoms with Gasteiger partial charge in [0.2, 0.25) is 6.37 Å². The minimum Gasteiger partial charge on any atom is -0.377 e. The Balaban J connectivity index is 3.63. The molecule has 0 amide bonds. The highest BCUT2D eigenvalue weighted by Crippen LogP contribution is 3.12. The monoisotopic (exact) mass is 644 g/mol. The summed E-state index contributed by atoms with van der Waals surface area (Å²) in [5.41, 5.74) is 0. The van der Waals surface area contributed by atoms with E-state index in [2.05, 4.69) is 6.58 Å². The minimum absolute atomic E-state index is 0.455. The van der Waals surface area contributed by atoms with Crippen molar-refractivity contribution < 1.29 is 39.1 Å². The molecule has 0 N–H and O–H groups in total. The van der Waals surface area contributed by atoms with Crippen LogP contribution in [0.5, 0.6) is 0 Å². The van der Waals surface area contributed by atoms with Gasteiger partial charge in [-0.25, -0.2) is 0 Å². The lowest BCUT2D eigenvalue weighted by atomic mass is 10.6. The fraction of sp³-hybridized carbons (Fsp3) is 0.900. The predicted molar refractivity (Wildman–Crippen MR) is 163 cm³/mol. The largest absolute Gasteiger partial charge is 0.500 e. The molecular weight excluding hydrogens is 597 g/mol. The van der Waals surface area contributed by atoms with Crippen molar-refractivity contribution in [2.24, 2.45) is 0 Å². The van der Waals surface area contributed by atoms with E-state index in [1.807, 2.05) is 36.4 Å². The molecule has 1 saturated heterocycles. The molecule has 0 aromatic carbocycles. The summed E-state index contributed by atoms with van der Waals surface area (Å²) in [7, 11) is 5.45. The van der Waals surface area contributed by atoms with E-state index in [-0.39, 0.29) is 0 Å². The zero-order chi connectivity index (χ0) is 27.5. The molecule has 16 heteroatoms. The van der Waals surface area contributed by atoms with Crippen molar-refractivity contribution in [3.63, 3.8) is 0 Å². The van der Waals surface area contributed by atoms with Gasteiger partial charge < -0.3 is 39.1 Å². The van der Waals surface area contributed by atoms with E-state index in [1.165, 1.54) is 0 Å². The molecule has 0 unspecified atom stereocenters. The molecule has 1 aliphatic heterocycles. The molecule has 36 heavy (non-hydrogen) atoms. The first-order valence-corrected chi connectivity index (χ1v) is 26.1. The standard InChI is InChI=1S/C20H48O9S4Si3/c1-11-27-33(14-4,28-12-2,29-13-3)31-30-32-34(33,17-15-19-35(21-5,22-6)23-7)18-16-20-36(24-8,25-9)26-10/h14H,4,11-13,15-20H2,1-3,5-10H3. The van der Waals surface area contributed by atoms with Gasteiger partial charge in [0.05, 0.1) is 19.8 Å². The predicted octanol–water partition coefficient (Wildman–Crippen LogP) is 6.80. The second-order valence-electron chi connectivity index (χ2n) is 8.06. The average Bonchev–Trinajstić information content (AvgIpc) is 3.17. The van der Waals surface area contributed by atoms with E-state index in [9.17, 15) is 0 Å². The van der Waals surface area contributed by atoms with Gasteiger partial charge in [-0.3, -0.25) is 0 Å². The summed E-state index contributed by atoms with van der Waals surface area (Å²) in [5.74, 6) is 0. The van der Waals surface area contributed by atoms with Crippen LogP contribution in [0.15, 0.2) is 12.0 Å². The molecule has 0 saturated carbocycles. The number of rotatable bonds is 21. The van der Waals surface area contributed by atoms with Crippen LogP contribution in [0, 0.1) is 0 Å². The molecule has 0 aromatic heterocycles. The fourth-order valence-electron chi connectivity index (χ4n) is 4.82. The van der Waals surface area contributed by atoms with Crippen LogP contribution in [0.3, 0.4) is 0 Å². The van der Waals surface area contributed by atoms with E-state index in [1.54, 1.807) is 62.3 Å². The van der Waals surface area contributed by atoms with Gasteiger partial charge in [-0.1, -0.05) is 16.8 Å². The smallest absolute Gasteiger partial charge is 0.377 e. The SMILES string of the molecule is C=CS1(OCC)(OCC)(OCC)SSS[Si]1(CCC[Si](OC)(OC)OC)CCC[Si](OC)(OC)OC. The molecule has 218 valence electrons. The maximum atomic E-state index is 6.91. The first kappa shape index (κ1) is 35.5. The van der Waals surface area contributed by atoms with E-state index >= 15 is 0 Å².